The summed E-state index contributed by atoms with van der Waals surface area (Å²) in [6, 6.07) is 59.2. The van der Waals surface area contributed by atoms with Crippen molar-refractivity contribution >= 4 is 43.5 Å². The highest BCUT2D eigenvalue weighted by molar-refractivity contribution is 6.16. The van der Waals surface area contributed by atoms with Gasteiger partial charge in [-0.15, -0.1) is 0 Å². The molecule has 0 fully saturated rings. The molecule has 3 aromatic heterocycles. The zero-order valence-electron chi connectivity index (χ0n) is 30.6. The Morgan fingerprint density at radius 2 is 1.00 bits per heavy atom. The Labute approximate surface area is 319 Å². The minimum atomic E-state index is -0.222. The van der Waals surface area contributed by atoms with Crippen molar-refractivity contribution in [3.05, 3.63) is 187 Å². The molecule has 0 radical (unpaired) electrons. The first kappa shape index (κ1) is 31.5. The summed E-state index contributed by atoms with van der Waals surface area (Å²) in [6.07, 6.45) is 3.76. The van der Waals surface area contributed by atoms with Gasteiger partial charge in [0.1, 0.15) is 0 Å². The van der Waals surface area contributed by atoms with Gasteiger partial charge in [-0.2, -0.15) is 0 Å². The number of para-hydroxylation sites is 2. The minimum absolute atomic E-state index is 0.222. The van der Waals surface area contributed by atoms with Gasteiger partial charge >= 0.3 is 0 Å². The number of fused-ring (bicyclic) bond motifs is 8. The predicted molar refractivity (Wildman–Crippen MR) is 229 cm³/mol. The van der Waals surface area contributed by atoms with Crippen molar-refractivity contribution in [2.24, 2.45) is 0 Å². The molecule has 3 nitrogen and oxygen atoms in total. The van der Waals surface area contributed by atoms with E-state index in [0.29, 0.717) is 0 Å². The molecule has 258 valence electrons. The van der Waals surface area contributed by atoms with Gasteiger partial charge in [0.25, 0.3) is 0 Å². The highest BCUT2D eigenvalue weighted by Gasteiger charge is 2.39. The lowest BCUT2D eigenvalue weighted by Crippen LogP contribution is -2.16. The minimum Gasteiger partial charge on any atom is -0.256 e. The fourth-order valence-corrected chi connectivity index (χ4v) is 9.11. The number of rotatable bonds is 4. The maximum Gasteiger partial charge on any atom is 0.0780 e. The highest BCUT2D eigenvalue weighted by Crippen LogP contribution is 2.54. The molecule has 0 saturated heterocycles. The van der Waals surface area contributed by atoms with Crippen LogP contribution in [-0.4, -0.2) is 15.0 Å². The monoisotopic (exact) mass is 701 g/mol. The van der Waals surface area contributed by atoms with E-state index in [1.807, 2.05) is 24.5 Å². The van der Waals surface area contributed by atoms with Gasteiger partial charge in [0, 0.05) is 50.7 Å². The predicted octanol–water partition coefficient (Wildman–Crippen LogP) is 13.5. The number of aromatic nitrogens is 3. The summed E-state index contributed by atoms with van der Waals surface area (Å²) in [5, 5.41) is 5.90. The second kappa shape index (κ2) is 12.0. The molecule has 10 aromatic rings. The number of pyridine rings is 3. The van der Waals surface area contributed by atoms with Crippen molar-refractivity contribution in [2.75, 3.05) is 0 Å². The first-order valence-electron chi connectivity index (χ1n) is 18.9. The smallest absolute Gasteiger partial charge is 0.0780 e. The van der Waals surface area contributed by atoms with Gasteiger partial charge in [-0.1, -0.05) is 141 Å². The van der Waals surface area contributed by atoms with E-state index in [4.69, 9.17) is 15.0 Å². The molecule has 0 amide bonds. The topological polar surface area (TPSA) is 38.7 Å². The van der Waals surface area contributed by atoms with Gasteiger partial charge < -0.3 is 0 Å². The zero-order valence-corrected chi connectivity index (χ0v) is 30.6. The molecule has 0 unspecified atom stereocenters. The fraction of sp³-hybridized carbons (Fsp3) is 0.0577. The summed E-state index contributed by atoms with van der Waals surface area (Å²) in [5.41, 5.74) is 16.9. The Bertz CT molecular complexity index is 3070. The molecule has 11 rings (SSSR count). The Morgan fingerprint density at radius 3 is 1.71 bits per heavy atom. The van der Waals surface area contributed by atoms with Crippen LogP contribution in [0.4, 0.5) is 0 Å². The Balaban J connectivity index is 1.14. The molecule has 55 heavy (non-hydrogen) atoms. The van der Waals surface area contributed by atoms with Gasteiger partial charge in [0.2, 0.25) is 0 Å². The lowest BCUT2D eigenvalue weighted by molar-refractivity contribution is 0.662. The van der Waals surface area contributed by atoms with Gasteiger partial charge in [-0.3, -0.25) is 9.97 Å². The molecule has 0 atom stereocenters. The second-order valence-corrected chi connectivity index (χ2v) is 15.2. The summed E-state index contributed by atoms with van der Waals surface area (Å²) in [7, 11) is 0. The Kier molecular flexibility index (Phi) is 6.90. The van der Waals surface area contributed by atoms with Crippen LogP contribution < -0.4 is 0 Å². The molecule has 3 heteroatoms. The average Bonchev–Trinajstić information content (AvgIpc) is 3.47. The molecule has 0 saturated carbocycles. The van der Waals surface area contributed by atoms with Crippen molar-refractivity contribution in [2.45, 2.75) is 19.3 Å². The third kappa shape index (κ3) is 4.86. The largest absolute Gasteiger partial charge is 0.256 e. The van der Waals surface area contributed by atoms with E-state index < -0.39 is 0 Å². The van der Waals surface area contributed by atoms with Crippen molar-refractivity contribution in [1.82, 2.24) is 15.0 Å². The quantitative estimate of drug-likeness (QED) is 0.171. The molecular formula is C52H35N3. The van der Waals surface area contributed by atoms with E-state index in [-0.39, 0.29) is 5.41 Å². The molecular weight excluding hydrogens is 667 g/mol. The number of nitrogens with zero attached hydrogens (tertiary/aromatic N) is 3. The highest BCUT2D eigenvalue weighted by atomic mass is 14.7. The number of hydrogen-bond acceptors (Lipinski definition) is 3. The van der Waals surface area contributed by atoms with Crippen LogP contribution in [0.25, 0.3) is 99.2 Å². The summed E-state index contributed by atoms with van der Waals surface area (Å²) in [6.45, 7) is 4.71. The number of hydrogen-bond donors (Lipinski definition) is 0. The average molecular weight is 702 g/mol. The van der Waals surface area contributed by atoms with Crippen molar-refractivity contribution in [3.8, 4) is 55.8 Å². The molecule has 0 N–H and O–H groups in total. The van der Waals surface area contributed by atoms with Crippen LogP contribution in [0.5, 0.6) is 0 Å². The first-order valence-corrected chi connectivity index (χ1v) is 18.9. The lowest BCUT2D eigenvalue weighted by Gasteiger charge is -2.25. The van der Waals surface area contributed by atoms with Gasteiger partial charge in [-0.05, 0) is 91.7 Å². The van der Waals surface area contributed by atoms with Crippen LogP contribution in [0.3, 0.4) is 0 Å². The molecule has 0 aliphatic heterocycles. The van der Waals surface area contributed by atoms with E-state index in [9.17, 15) is 0 Å². The van der Waals surface area contributed by atoms with Crippen LogP contribution in [0.2, 0.25) is 0 Å². The zero-order chi connectivity index (χ0) is 36.7. The van der Waals surface area contributed by atoms with Crippen LogP contribution in [0, 0.1) is 0 Å². The summed E-state index contributed by atoms with van der Waals surface area (Å²) < 4.78 is 0. The third-order valence-electron chi connectivity index (χ3n) is 11.7. The maximum atomic E-state index is 5.40. The van der Waals surface area contributed by atoms with Crippen LogP contribution in [0.15, 0.2) is 176 Å². The number of benzene rings is 7. The standard InChI is InChI=1S/C52H35N3/c1-52(2)44-20-6-5-17-43(44)51-48(52)46(47-40-16-4-3-11-33(40)25-26-45(47)55-51)34-23-21-32(22-24-34)37-29-38(41-18-7-12-35-14-9-27-53-49(35)41)31-39(30-37)42-19-8-13-36-15-10-28-54-50(36)42/h3-31H,1-2H3. The van der Waals surface area contributed by atoms with Crippen LogP contribution in [-0.2, 0) is 5.41 Å². The van der Waals surface area contributed by atoms with E-state index in [1.54, 1.807) is 0 Å². The third-order valence-corrected chi connectivity index (χ3v) is 11.7. The van der Waals surface area contributed by atoms with Gasteiger partial charge in [0.05, 0.1) is 22.2 Å². The van der Waals surface area contributed by atoms with E-state index in [1.165, 1.54) is 44.0 Å². The van der Waals surface area contributed by atoms with Crippen molar-refractivity contribution < 1.29 is 0 Å². The molecule has 0 spiro atoms. The molecule has 1 aliphatic carbocycles. The Morgan fingerprint density at radius 1 is 0.436 bits per heavy atom. The molecule has 7 aromatic carbocycles. The summed E-state index contributed by atoms with van der Waals surface area (Å²) >= 11 is 0. The molecule has 0 bridgehead atoms. The first-order chi connectivity index (χ1) is 27.0. The normalized spacial score (nSPS) is 13.1. The van der Waals surface area contributed by atoms with Crippen LogP contribution in [0.1, 0.15) is 25.0 Å². The van der Waals surface area contributed by atoms with Crippen molar-refractivity contribution in [1.29, 1.82) is 0 Å². The second-order valence-electron chi connectivity index (χ2n) is 15.2. The van der Waals surface area contributed by atoms with E-state index in [0.717, 1.165) is 66.4 Å². The van der Waals surface area contributed by atoms with Gasteiger partial charge in [0.15, 0.2) is 0 Å². The van der Waals surface area contributed by atoms with Crippen molar-refractivity contribution in [3.63, 3.8) is 0 Å². The van der Waals surface area contributed by atoms with Gasteiger partial charge in [-0.25, -0.2) is 4.98 Å². The maximum absolute atomic E-state index is 5.40. The SMILES string of the molecule is CC1(C)c2ccccc2-c2nc3ccc4ccccc4c3c(-c3ccc(-c4cc(-c5cccc6cccnc56)cc(-c5cccc6cccnc56)c4)cc3)c21. The Hall–Kier alpha value is -6.97. The van der Waals surface area contributed by atoms with Crippen LogP contribution >= 0.6 is 0 Å². The van der Waals surface area contributed by atoms with E-state index >= 15 is 0 Å². The van der Waals surface area contributed by atoms with E-state index in [2.05, 4.69) is 166 Å². The lowest BCUT2D eigenvalue weighted by atomic mass is 9.78. The summed E-state index contributed by atoms with van der Waals surface area (Å²) in [5.74, 6) is 0. The molecule has 3 heterocycles. The fourth-order valence-electron chi connectivity index (χ4n) is 9.11. The molecule has 1 aliphatic rings. The summed E-state index contributed by atoms with van der Waals surface area (Å²) in [4.78, 5) is 15.1.